The van der Waals surface area contributed by atoms with Crippen LogP contribution >= 0.6 is 0 Å². The molecule has 2 rings (SSSR count). The molecule has 15 heavy (non-hydrogen) atoms. The van der Waals surface area contributed by atoms with E-state index in [2.05, 4.69) is 4.98 Å². The Morgan fingerprint density at radius 3 is 2.87 bits per heavy atom. The van der Waals surface area contributed by atoms with Crippen LogP contribution in [0.15, 0.2) is 24.3 Å². The van der Waals surface area contributed by atoms with Gasteiger partial charge in [0, 0.05) is 6.42 Å². The molecule has 78 valence electrons. The molecule has 1 heterocycles. The molecule has 0 saturated heterocycles. The number of hydrogen-bond donors (Lipinski definition) is 0. The normalized spacial score (nSPS) is 10.8. The van der Waals surface area contributed by atoms with Crippen LogP contribution in [0, 0.1) is 6.92 Å². The van der Waals surface area contributed by atoms with Gasteiger partial charge in [0.15, 0.2) is 0 Å². The van der Waals surface area contributed by atoms with Gasteiger partial charge in [0.05, 0.1) is 11.0 Å². The van der Waals surface area contributed by atoms with Gasteiger partial charge in [-0.25, -0.2) is 4.98 Å². The summed E-state index contributed by atoms with van der Waals surface area (Å²) in [6.45, 7) is 3.87. The van der Waals surface area contributed by atoms with Crippen molar-refractivity contribution in [2.45, 2.75) is 26.7 Å². The van der Waals surface area contributed by atoms with E-state index in [9.17, 15) is 4.79 Å². The second-order valence-electron chi connectivity index (χ2n) is 3.63. The first-order chi connectivity index (χ1) is 7.24. The third-order valence-corrected chi connectivity index (χ3v) is 2.44. The predicted molar refractivity (Wildman–Crippen MR) is 60.0 cm³/mol. The molecule has 0 unspecified atom stereocenters. The van der Waals surface area contributed by atoms with Crippen LogP contribution < -0.4 is 0 Å². The average Bonchev–Trinajstić information content (AvgIpc) is 2.54. The molecule has 0 aliphatic carbocycles. The second-order valence-corrected chi connectivity index (χ2v) is 3.63. The van der Waals surface area contributed by atoms with Crippen LogP contribution in [-0.4, -0.2) is 15.5 Å². The summed E-state index contributed by atoms with van der Waals surface area (Å²) >= 11 is 0. The highest BCUT2D eigenvalue weighted by Crippen LogP contribution is 2.16. The number of imidazole rings is 1. The third-order valence-electron chi connectivity index (χ3n) is 2.44. The monoisotopic (exact) mass is 202 g/mol. The maximum absolute atomic E-state index is 11.9. The lowest BCUT2D eigenvalue weighted by atomic mass is 10.3. The van der Waals surface area contributed by atoms with E-state index < -0.39 is 0 Å². The molecular weight excluding hydrogens is 188 g/mol. The van der Waals surface area contributed by atoms with Crippen molar-refractivity contribution in [3.63, 3.8) is 0 Å². The smallest absolute Gasteiger partial charge is 0.232 e. The molecule has 0 atom stereocenters. The molecule has 3 heteroatoms. The number of benzene rings is 1. The summed E-state index contributed by atoms with van der Waals surface area (Å²) in [5, 5.41) is 0. The van der Waals surface area contributed by atoms with Crippen LogP contribution in [0.25, 0.3) is 11.0 Å². The predicted octanol–water partition coefficient (Wildman–Crippen LogP) is 2.79. The van der Waals surface area contributed by atoms with Crippen molar-refractivity contribution < 1.29 is 4.79 Å². The van der Waals surface area contributed by atoms with E-state index in [-0.39, 0.29) is 5.91 Å². The molecule has 3 nitrogen and oxygen atoms in total. The van der Waals surface area contributed by atoms with Crippen LogP contribution in [0.3, 0.4) is 0 Å². The number of rotatable bonds is 2. The fraction of sp³-hybridized carbons (Fsp3) is 0.333. The maximum atomic E-state index is 11.9. The fourth-order valence-electron chi connectivity index (χ4n) is 1.79. The number of fused-ring (bicyclic) bond motifs is 1. The Labute approximate surface area is 88.7 Å². The van der Waals surface area contributed by atoms with Gasteiger partial charge in [0.1, 0.15) is 5.82 Å². The van der Waals surface area contributed by atoms with E-state index >= 15 is 0 Å². The Kier molecular flexibility index (Phi) is 2.54. The van der Waals surface area contributed by atoms with Crippen LogP contribution in [0.4, 0.5) is 0 Å². The lowest BCUT2D eigenvalue weighted by molar-refractivity contribution is 0.0904. The SMILES string of the molecule is CCCC(=O)n1c(C)nc2ccccc21. The van der Waals surface area contributed by atoms with Gasteiger partial charge in [0.25, 0.3) is 0 Å². The lowest BCUT2D eigenvalue weighted by Gasteiger charge is -2.03. The summed E-state index contributed by atoms with van der Waals surface area (Å²) in [4.78, 5) is 16.2. The number of carbonyl (C=O) groups is 1. The highest BCUT2D eigenvalue weighted by molar-refractivity contribution is 5.91. The average molecular weight is 202 g/mol. The zero-order valence-corrected chi connectivity index (χ0v) is 9.03. The van der Waals surface area contributed by atoms with Gasteiger partial charge in [-0.05, 0) is 25.5 Å². The molecule has 0 spiro atoms. The van der Waals surface area contributed by atoms with E-state index in [0.717, 1.165) is 23.3 Å². The van der Waals surface area contributed by atoms with Crippen molar-refractivity contribution in [1.82, 2.24) is 9.55 Å². The minimum Gasteiger partial charge on any atom is -0.274 e. The van der Waals surface area contributed by atoms with Crippen LogP contribution in [0.5, 0.6) is 0 Å². The molecule has 0 radical (unpaired) electrons. The van der Waals surface area contributed by atoms with E-state index in [1.807, 2.05) is 38.1 Å². The van der Waals surface area contributed by atoms with Crippen molar-refractivity contribution in [2.75, 3.05) is 0 Å². The topological polar surface area (TPSA) is 34.9 Å². The molecule has 0 bridgehead atoms. The van der Waals surface area contributed by atoms with E-state index in [1.54, 1.807) is 4.57 Å². The third kappa shape index (κ3) is 1.65. The Morgan fingerprint density at radius 1 is 1.40 bits per heavy atom. The van der Waals surface area contributed by atoms with Crippen molar-refractivity contribution >= 4 is 16.9 Å². The summed E-state index contributed by atoms with van der Waals surface area (Å²) in [5.74, 6) is 0.901. The quantitative estimate of drug-likeness (QED) is 0.750. The van der Waals surface area contributed by atoms with Gasteiger partial charge in [0.2, 0.25) is 5.91 Å². The highest BCUT2D eigenvalue weighted by Gasteiger charge is 2.12. The Bertz CT molecular complexity index is 499. The van der Waals surface area contributed by atoms with Gasteiger partial charge in [-0.3, -0.25) is 9.36 Å². The van der Waals surface area contributed by atoms with Crippen molar-refractivity contribution in [1.29, 1.82) is 0 Å². The van der Waals surface area contributed by atoms with Crippen LogP contribution in [-0.2, 0) is 0 Å². The molecule has 0 aliphatic rings. The molecular formula is C12H14N2O. The Hall–Kier alpha value is -1.64. The molecule has 2 aromatic rings. The first kappa shape index (κ1) is 9.90. The fourth-order valence-corrected chi connectivity index (χ4v) is 1.79. The van der Waals surface area contributed by atoms with E-state index in [4.69, 9.17) is 0 Å². The number of hydrogen-bond acceptors (Lipinski definition) is 2. The van der Waals surface area contributed by atoms with Gasteiger partial charge >= 0.3 is 0 Å². The van der Waals surface area contributed by atoms with Crippen molar-refractivity contribution in [2.24, 2.45) is 0 Å². The largest absolute Gasteiger partial charge is 0.274 e. The second kappa shape index (κ2) is 3.85. The van der Waals surface area contributed by atoms with Crippen LogP contribution in [0.1, 0.15) is 30.4 Å². The number of carbonyl (C=O) groups excluding carboxylic acids is 1. The minimum absolute atomic E-state index is 0.128. The maximum Gasteiger partial charge on any atom is 0.232 e. The first-order valence-corrected chi connectivity index (χ1v) is 5.21. The summed E-state index contributed by atoms with van der Waals surface area (Å²) in [5.41, 5.74) is 1.80. The number of para-hydroxylation sites is 2. The lowest BCUT2D eigenvalue weighted by Crippen LogP contribution is -2.11. The number of aryl methyl sites for hydroxylation is 1. The summed E-state index contributed by atoms with van der Waals surface area (Å²) in [7, 11) is 0. The van der Waals surface area contributed by atoms with E-state index in [0.29, 0.717) is 6.42 Å². The Morgan fingerprint density at radius 2 is 2.13 bits per heavy atom. The standard InChI is InChI=1S/C12H14N2O/c1-3-6-12(15)14-9(2)13-10-7-4-5-8-11(10)14/h4-5,7-8H,3,6H2,1-2H3. The summed E-state index contributed by atoms with van der Waals surface area (Å²) in [6.07, 6.45) is 1.44. The van der Waals surface area contributed by atoms with E-state index in [1.165, 1.54) is 0 Å². The summed E-state index contributed by atoms with van der Waals surface area (Å²) in [6, 6.07) is 7.73. The van der Waals surface area contributed by atoms with Crippen LogP contribution in [0.2, 0.25) is 0 Å². The molecule has 0 saturated carbocycles. The molecule has 0 N–H and O–H groups in total. The number of aromatic nitrogens is 2. The van der Waals surface area contributed by atoms with Gasteiger partial charge in [-0.2, -0.15) is 0 Å². The molecule has 0 aliphatic heterocycles. The van der Waals surface area contributed by atoms with Crippen molar-refractivity contribution in [3.05, 3.63) is 30.1 Å². The highest BCUT2D eigenvalue weighted by atomic mass is 16.2. The van der Waals surface area contributed by atoms with Gasteiger partial charge < -0.3 is 0 Å². The molecule has 1 aromatic heterocycles. The molecule has 0 fully saturated rings. The molecule has 0 amide bonds. The zero-order valence-electron chi connectivity index (χ0n) is 9.03. The molecule has 1 aromatic carbocycles. The van der Waals surface area contributed by atoms with Gasteiger partial charge in [-0.15, -0.1) is 0 Å². The van der Waals surface area contributed by atoms with Gasteiger partial charge in [-0.1, -0.05) is 19.1 Å². The van der Waals surface area contributed by atoms with Crippen molar-refractivity contribution in [3.8, 4) is 0 Å². The number of nitrogens with zero attached hydrogens (tertiary/aromatic N) is 2. The first-order valence-electron chi connectivity index (χ1n) is 5.21. The summed E-state index contributed by atoms with van der Waals surface area (Å²) < 4.78 is 1.71. The zero-order chi connectivity index (χ0) is 10.8. The minimum atomic E-state index is 0.128. The Balaban J connectivity index is 2.58.